The molecule has 29 heavy (non-hydrogen) atoms. The molecule has 1 aromatic carbocycles. The van der Waals surface area contributed by atoms with Crippen molar-refractivity contribution in [1.82, 2.24) is 10.2 Å². The molecule has 1 N–H and O–H groups in total. The third-order valence-electron chi connectivity index (χ3n) is 4.16. The van der Waals surface area contributed by atoms with Crippen molar-refractivity contribution in [3.63, 3.8) is 0 Å². The molecule has 1 atom stereocenters. The molecule has 1 amide bonds. The summed E-state index contributed by atoms with van der Waals surface area (Å²) in [6, 6.07) is 8.27. The van der Waals surface area contributed by atoms with Gasteiger partial charge in [-0.15, -0.1) is 0 Å². The normalized spacial score (nSPS) is 15.0. The van der Waals surface area contributed by atoms with Gasteiger partial charge in [-0.3, -0.25) is 0 Å². The molecule has 4 nitrogen and oxygen atoms in total. The van der Waals surface area contributed by atoms with E-state index in [9.17, 15) is 4.79 Å². The van der Waals surface area contributed by atoms with Crippen molar-refractivity contribution in [2.24, 2.45) is 0 Å². The fourth-order valence-electron chi connectivity index (χ4n) is 2.93. The zero-order valence-electron chi connectivity index (χ0n) is 19.9. The number of amides is 1. The van der Waals surface area contributed by atoms with Gasteiger partial charge in [0, 0.05) is 25.6 Å². The molecule has 1 heterocycles. The molecule has 0 spiro atoms. The van der Waals surface area contributed by atoms with Gasteiger partial charge >= 0.3 is 6.09 Å². The average Bonchev–Trinajstić information content (AvgIpc) is 2.66. The fraction of sp³-hybridized carbons (Fsp3) is 0.640. The summed E-state index contributed by atoms with van der Waals surface area (Å²) in [5.41, 5.74) is 2.01. The minimum Gasteiger partial charge on any atom is -0.444 e. The Balaban J connectivity index is 0.000000838. The van der Waals surface area contributed by atoms with E-state index in [-0.39, 0.29) is 12.0 Å². The van der Waals surface area contributed by atoms with E-state index in [2.05, 4.69) is 51.7 Å². The van der Waals surface area contributed by atoms with Crippen LogP contribution < -0.4 is 5.32 Å². The molecule has 1 aliphatic heterocycles. The van der Waals surface area contributed by atoms with E-state index in [1.807, 2.05) is 32.9 Å². The van der Waals surface area contributed by atoms with Crippen molar-refractivity contribution in [3.8, 4) is 0 Å². The maximum Gasteiger partial charge on any atom is 0.410 e. The Hall–Kier alpha value is -1.97. The number of carbonyl (C=O) groups is 1. The van der Waals surface area contributed by atoms with Crippen LogP contribution in [0.15, 0.2) is 37.0 Å². The van der Waals surface area contributed by atoms with Crippen molar-refractivity contribution >= 4 is 6.09 Å². The summed E-state index contributed by atoms with van der Waals surface area (Å²) in [7, 11) is 0. The Kier molecular flexibility index (Phi) is 13.9. The number of unbranched alkanes of at least 4 members (excludes halogenated alkanes) is 2. The van der Waals surface area contributed by atoms with Gasteiger partial charge in [-0.25, -0.2) is 4.79 Å². The molecular weight excluding hydrogens is 360 g/mol. The molecule has 2 rings (SSSR count). The number of rotatable bonds is 5. The lowest BCUT2D eigenvalue weighted by Crippen LogP contribution is -2.43. The van der Waals surface area contributed by atoms with Crippen molar-refractivity contribution < 1.29 is 9.53 Å². The first-order valence-corrected chi connectivity index (χ1v) is 11.1. The number of fused-ring (bicyclic) bond motifs is 1. The van der Waals surface area contributed by atoms with Crippen LogP contribution in [0.1, 0.15) is 91.2 Å². The molecule has 0 radical (unpaired) electrons. The molecule has 0 aromatic heterocycles. The monoisotopic (exact) mass is 404 g/mol. The largest absolute Gasteiger partial charge is 0.444 e. The minimum absolute atomic E-state index is 0.249. The van der Waals surface area contributed by atoms with Gasteiger partial charge in [0.2, 0.25) is 0 Å². The summed E-state index contributed by atoms with van der Waals surface area (Å²) < 4.78 is 5.49. The lowest BCUT2D eigenvalue weighted by atomic mass is 9.90. The second-order valence-corrected chi connectivity index (χ2v) is 8.43. The molecular formula is C25H44N2O2. The smallest absolute Gasteiger partial charge is 0.410 e. The van der Waals surface area contributed by atoms with Crippen molar-refractivity contribution in [2.45, 2.75) is 92.2 Å². The minimum atomic E-state index is -0.469. The molecule has 1 aliphatic rings. The highest BCUT2D eigenvalue weighted by Crippen LogP contribution is 2.28. The topological polar surface area (TPSA) is 41.6 Å². The maximum absolute atomic E-state index is 12.3. The SMILES string of the molecule is C=CNCC1CN(C(=O)OC(C)(C)C)Cc2ccccc21.CCC.CCCCC. The highest BCUT2D eigenvalue weighted by atomic mass is 16.6. The van der Waals surface area contributed by atoms with Crippen LogP contribution in [0, 0.1) is 0 Å². The van der Waals surface area contributed by atoms with E-state index >= 15 is 0 Å². The van der Waals surface area contributed by atoms with Crippen molar-refractivity contribution in [2.75, 3.05) is 13.1 Å². The predicted molar refractivity (Wildman–Crippen MR) is 125 cm³/mol. The average molecular weight is 405 g/mol. The Morgan fingerprint density at radius 2 is 1.79 bits per heavy atom. The quantitative estimate of drug-likeness (QED) is 0.582. The lowest BCUT2D eigenvalue weighted by Gasteiger charge is -2.35. The van der Waals surface area contributed by atoms with E-state index in [0.29, 0.717) is 13.1 Å². The molecule has 166 valence electrons. The van der Waals surface area contributed by atoms with Crippen LogP contribution >= 0.6 is 0 Å². The third-order valence-corrected chi connectivity index (χ3v) is 4.16. The summed E-state index contributed by atoms with van der Waals surface area (Å²) in [4.78, 5) is 14.1. The molecule has 0 saturated carbocycles. The first-order valence-electron chi connectivity index (χ1n) is 11.1. The summed E-state index contributed by atoms with van der Waals surface area (Å²) >= 11 is 0. The fourth-order valence-corrected chi connectivity index (χ4v) is 2.93. The number of ether oxygens (including phenoxy) is 1. The van der Waals surface area contributed by atoms with Gasteiger partial charge in [0.05, 0.1) is 0 Å². The van der Waals surface area contributed by atoms with Gasteiger partial charge in [0.25, 0.3) is 0 Å². The van der Waals surface area contributed by atoms with Crippen LogP contribution in [-0.4, -0.2) is 29.7 Å². The standard InChI is InChI=1S/C17H24N2O2.C5H12.C3H8/c1-5-18-10-14-12-19(16(20)21-17(2,3)4)11-13-8-6-7-9-15(13)14;1-3-5-4-2;1-3-2/h5-9,14,18H,1,10-12H2,2-4H3;3-5H2,1-2H3;3H2,1-2H3. The maximum atomic E-state index is 12.3. The van der Waals surface area contributed by atoms with Crippen LogP contribution in [0.4, 0.5) is 4.79 Å². The van der Waals surface area contributed by atoms with Gasteiger partial charge in [0.15, 0.2) is 0 Å². The van der Waals surface area contributed by atoms with Gasteiger partial charge in [-0.05, 0) is 38.1 Å². The van der Waals surface area contributed by atoms with Crippen LogP contribution in [0.5, 0.6) is 0 Å². The van der Waals surface area contributed by atoms with E-state index in [1.54, 1.807) is 11.1 Å². The Morgan fingerprint density at radius 3 is 2.28 bits per heavy atom. The van der Waals surface area contributed by atoms with Crippen LogP contribution in [0.3, 0.4) is 0 Å². The van der Waals surface area contributed by atoms with E-state index < -0.39 is 5.60 Å². The third kappa shape index (κ3) is 11.6. The zero-order valence-corrected chi connectivity index (χ0v) is 19.9. The van der Waals surface area contributed by atoms with Crippen molar-refractivity contribution in [1.29, 1.82) is 0 Å². The molecule has 0 aliphatic carbocycles. The molecule has 0 bridgehead atoms. The van der Waals surface area contributed by atoms with E-state index in [1.165, 1.54) is 36.8 Å². The Bertz CT molecular complexity index is 576. The van der Waals surface area contributed by atoms with E-state index in [0.717, 1.165) is 6.54 Å². The second kappa shape index (κ2) is 14.9. The molecule has 1 unspecified atom stereocenters. The Morgan fingerprint density at radius 1 is 1.21 bits per heavy atom. The van der Waals surface area contributed by atoms with Gasteiger partial charge in [0.1, 0.15) is 5.60 Å². The van der Waals surface area contributed by atoms with Crippen LogP contribution in [0.2, 0.25) is 0 Å². The second-order valence-electron chi connectivity index (χ2n) is 8.43. The van der Waals surface area contributed by atoms with Gasteiger partial charge in [-0.1, -0.05) is 84.2 Å². The lowest BCUT2D eigenvalue weighted by molar-refractivity contribution is 0.0206. The first-order chi connectivity index (χ1) is 13.7. The molecule has 0 saturated heterocycles. The van der Waals surface area contributed by atoms with Crippen molar-refractivity contribution in [3.05, 3.63) is 48.2 Å². The highest BCUT2D eigenvalue weighted by molar-refractivity contribution is 5.69. The van der Waals surface area contributed by atoms with Gasteiger partial charge < -0.3 is 15.0 Å². The highest BCUT2D eigenvalue weighted by Gasteiger charge is 2.30. The Labute approximate surface area is 179 Å². The predicted octanol–water partition coefficient (Wildman–Crippen LogP) is 6.87. The number of nitrogens with zero attached hydrogens (tertiary/aromatic N) is 1. The summed E-state index contributed by atoms with van der Waals surface area (Å²) in [5, 5.41) is 3.15. The van der Waals surface area contributed by atoms with Crippen LogP contribution in [0.25, 0.3) is 0 Å². The number of benzene rings is 1. The summed E-state index contributed by atoms with van der Waals surface area (Å²) in [6.07, 6.45) is 6.77. The van der Waals surface area contributed by atoms with E-state index in [4.69, 9.17) is 4.74 Å². The molecule has 1 aromatic rings. The number of hydrogen-bond donors (Lipinski definition) is 1. The summed E-state index contributed by atoms with van der Waals surface area (Å²) in [6.45, 7) is 20.1. The number of nitrogens with one attached hydrogen (secondary N) is 1. The first kappa shape index (κ1) is 27.0. The molecule has 0 fully saturated rings. The number of carbonyl (C=O) groups excluding carboxylic acids is 1. The number of hydrogen-bond acceptors (Lipinski definition) is 3. The molecule has 4 heteroatoms. The summed E-state index contributed by atoms with van der Waals surface area (Å²) in [5.74, 6) is 0.250. The zero-order chi connectivity index (χ0) is 22.3. The van der Waals surface area contributed by atoms with Crippen LogP contribution in [-0.2, 0) is 11.3 Å². The van der Waals surface area contributed by atoms with Gasteiger partial charge in [-0.2, -0.15) is 0 Å².